The zero-order valence-corrected chi connectivity index (χ0v) is 10.6. The van der Waals surface area contributed by atoms with Crippen molar-refractivity contribution in [1.82, 2.24) is 5.32 Å². The molecule has 0 radical (unpaired) electrons. The first-order valence-electron chi connectivity index (χ1n) is 6.44. The SMILES string of the molecule is CC1(Cc2cccc3ccccc23)CCC(=O)N1. The van der Waals surface area contributed by atoms with Crippen LogP contribution in [0.2, 0.25) is 0 Å². The standard InChI is InChI=1S/C16H17NO/c1-16(10-9-15(18)17-16)11-13-7-4-6-12-5-2-3-8-14(12)13/h2-8H,9-11H2,1H3,(H,17,18). The molecule has 3 rings (SSSR count). The molecule has 1 unspecified atom stereocenters. The van der Waals surface area contributed by atoms with E-state index >= 15 is 0 Å². The van der Waals surface area contributed by atoms with E-state index in [1.54, 1.807) is 0 Å². The van der Waals surface area contributed by atoms with Crippen LogP contribution in [0.4, 0.5) is 0 Å². The van der Waals surface area contributed by atoms with Gasteiger partial charge in [0.15, 0.2) is 0 Å². The lowest BCUT2D eigenvalue weighted by Crippen LogP contribution is -2.40. The van der Waals surface area contributed by atoms with E-state index in [1.807, 2.05) is 0 Å². The molecule has 1 atom stereocenters. The minimum atomic E-state index is -0.0821. The number of carbonyl (C=O) groups is 1. The number of nitrogens with one attached hydrogen (secondary N) is 1. The summed E-state index contributed by atoms with van der Waals surface area (Å²) in [5, 5.41) is 5.66. The maximum absolute atomic E-state index is 11.4. The van der Waals surface area contributed by atoms with Crippen molar-refractivity contribution >= 4 is 16.7 Å². The van der Waals surface area contributed by atoms with Gasteiger partial charge in [-0.2, -0.15) is 0 Å². The molecule has 0 aliphatic carbocycles. The Kier molecular flexibility index (Phi) is 2.58. The molecule has 2 aromatic carbocycles. The van der Waals surface area contributed by atoms with E-state index in [9.17, 15) is 4.79 Å². The molecule has 0 spiro atoms. The second-order valence-corrected chi connectivity index (χ2v) is 5.42. The van der Waals surface area contributed by atoms with Crippen molar-refractivity contribution in [2.24, 2.45) is 0 Å². The zero-order valence-electron chi connectivity index (χ0n) is 10.6. The zero-order chi connectivity index (χ0) is 12.6. The summed E-state index contributed by atoms with van der Waals surface area (Å²) in [6.07, 6.45) is 2.48. The normalized spacial score (nSPS) is 23.3. The number of fused-ring (bicyclic) bond motifs is 1. The first kappa shape index (κ1) is 11.3. The lowest BCUT2D eigenvalue weighted by atomic mass is 9.89. The van der Waals surface area contributed by atoms with Crippen LogP contribution >= 0.6 is 0 Å². The van der Waals surface area contributed by atoms with Crippen LogP contribution in [0.5, 0.6) is 0 Å². The number of amides is 1. The molecule has 1 N–H and O–H groups in total. The molecule has 1 saturated heterocycles. The maximum Gasteiger partial charge on any atom is 0.220 e. The Labute approximate surface area is 107 Å². The molecule has 0 saturated carbocycles. The van der Waals surface area contributed by atoms with Gasteiger partial charge in [-0.15, -0.1) is 0 Å². The fourth-order valence-corrected chi connectivity index (χ4v) is 2.85. The highest BCUT2D eigenvalue weighted by atomic mass is 16.2. The quantitative estimate of drug-likeness (QED) is 0.857. The first-order chi connectivity index (χ1) is 8.66. The number of rotatable bonds is 2. The maximum atomic E-state index is 11.4. The summed E-state index contributed by atoms with van der Waals surface area (Å²) < 4.78 is 0. The minimum Gasteiger partial charge on any atom is -0.351 e. The van der Waals surface area contributed by atoms with E-state index < -0.39 is 0 Å². The van der Waals surface area contributed by atoms with Crippen molar-refractivity contribution in [2.45, 2.75) is 31.7 Å². The summed E-state index contributed by atoms with van der Waals surface area (Å²) in [6, 6.07) is 14.8. The van der Waals surface area contributed by atoms with Crippen LogP contribution in [0.25, 0.3) is 10.8 Å². The number of hydrogen-bond acceptors (Lipinski definition) is 1. The van der Waals surface area contributed by atoms with Gasteiger partial charge in [-0.05, 0) is 36.1 Å². The van der Waals surface area contributed by atoms with Gasteiger partial charge >= 0.3 is 0 Å². The molecular weight excluding hydrogens is 222 g/mol. The van der Waals surface area contributed by atoms with Gasteiger partial charge < -0.3 is 5.32 Å². The Morgan fingerprint density at radius 2 is 1.94 bits per heavy atom. The third kappa shape index (κ3) is 1.99. The van der Waals surface area contributed by atoms with Gasteiger partial charge in [0.05, 0.1) is 0 Å². The predicted octanol–water partition coefficient (Wildman–Crippen LogP) is 3.05. The van der Waals surface area contributed by atoms with Gasteiger partial charge in [0.1, 0.15) is 0 Å². The van der Waals surface area contributed by atoms with Gasteiger partial charge in [0.25, 0.3) is 0 Å². The molecule has 1 amide bonds. The fourth-order valence-electron chi connectivity index (χ4n) is 2.85. The molecule has 2 heteroatoms. The molecule has 0 bridgehead atoms. The van der Waals surface area contributed by atoms with Gasteiger partial charge in [0.2, 0.25) is 5.91 Å². The van der Waals surface area contributed by atoms with Crippen LogP contribution < -0.4 is 5.32 Å². The number of carbonyl (C=O) groups excluding carboxylic acids is 1. The molecule has 0 aromatic heterocycles. The third-order valence-electron chi connectivity index (χ3n) is 3.81. The Balaban J connectivity index is 1.98. The highest BCUT2D eigenvalue weighted by molar-refractivity contribution is 5.86. The van der Waals surface area contributed by atoms with E-state index in [1.165, 1.54) is 16.3 Å². The van der Waals surface area contributed by atoms with Gasteiger partial charge in [-0.25, -0.2) is 0 Å². The molecule has 2 aromatic rings. The highest BCUT2D eigenvalue weighted by Gasteiger charge is 2.33. The van der Waals surface area contributed by atoms with Crippen LogP contribution in [0, 0.1) is 0 Å². The van der Waals surface area contributed by atoms with Crippen molar-refractivity contribution in [1.29, 1.82) is 0 Å². The second-order valence-electron chi connectivity index (χ2n) is 5.42. The Bertz CT molecular complexity index is 600. The van der Waals surface area contributed by atoms with Crippen molar-refractivity contribution in [3.05, 3.63) is 48.0 Å². The Morgan fingerprint density at radius 1 is 1.17 bits per heavy atom. The van der Waals surface area contributed by atoms with Crippen molar-refractivity contribution in [3.8, 4) is 0 Å². The average Bonchev–Trinajstić information content (AvgIpc) is 2.70. The largest absolute Gasteiger partial charge is 0.351 e. The lowest BCUT2D eigenvalue weighted by Gasteiger charge is -2.24. The van der Waals surface area contributed by atoms with Crippen molar-refractivity contribution < 1.29 is 4.79 Å². The van der Waals surface area contributed by atoms with E-state index in [0.29, 0.717) is 6.42 Å². The Morgan fingerprint density at radius 3 is 2.72 bits per heavy atom. The van der Waals surface area contributed by atoms with E-state index in [2.05, 4.69) is 54.7 Å². The minimum absolute atomic E-state index is 0.0821. The summed E-state index contributed by atoms with van der Waals surface area (Å²) in [4.78, 5) is 11.4. The van der Waals surface area contributed by atoms with Crippen molar-refractivity contribution in [2.75, 3.05) is 0 Å². The number of benzene rings is 2. The van der Waals surface area contributed by atoms with Crippen LogP contribution in [0.3, 0.4) is 0 Å². The molecule has 1 fully saturated rings. The first-order valence-corrected chi connectivity index (χ1v) is 6.44. The molecule has 2 nitrogen and oxygen atoms in total. The molecule has 1 aliphatic rings. The van der Waals surface area contributed by atoms with Gasteiger partial charge in [-0.3, -0.25) is 4.79 Å². The third-order valence-corrected chi connectivity index (χ3v) is 3.81. The Hall–Kier alpha value is -1.83. The fraction of sp³-hybridized carbons (Fsp3) is 0.312. The average molecular weight is 239 g/mol. The monoisotopic (exact) mass is 239 g/mol. The molecule has 92 valence electrons. The summed E-state index contributed by atoms with van der Waals surface area (Å²) in [5.74, 6) is 0.178. The van der Waals surface area contributed by atoms with Crippen LogP contribution in [0.1, 0.15) is 25.3 Å². The highest BCUT2D eigenvalue weighted by Crippen LogP contribution is 2.28. The van der Waals surface area contributed by atoms with Crippen LogP contribution in [-0.2, 0) is 11.2 Å². The van der Waals surface area contributed by atoms with E-state index in [0.717, 1.165) is 12.8 Å². The van der Waals surface area contributed by atoms with Crippen LogP contribution in [0.15, 0.2) is 42.5 Å². The van der Waals surface area contributed by atoms with E-state index in [-0.39, 0.29) is 11.4 Å². The van der Waals surface area contributed by atoms with Crippen molar-refractivity contribution in [3.63, 3.8) is 0 Å². The summed E-state index contributed by atoms with van der Waals surface area (Å²) >= 11 is 0. The number of hydrogen-bond donors (Lipinski definition) is 1. The molecular formula is C16H17NO. The summed E-state index contributed by atoms with van der Waals surface area (Å²) in [6.45, 7) is 2.14. The summed E-state index contributed by atoms with van der Waals surface area (Å²) in [7, 11) is 0. The van der Waals surface area contributed by atoms with Crippen LogP contribution in [-0.4, -0.2) is 11.4 Å². The molecule has 1 aliphatic heterocycles. The topological polar surface area (TPSA) is 29.1 Å². The second kappa shape index (κ2) is 4.13. The summed E-state index contributed by atoms with van der Waals surface area (Å²) in [5.41, 5.74) is 1.24. The van der Waals surface area contributed by atoms with Gasteiger partial charge in [-0.1, -0.05) is 42.5 Å². The smallest absolute Gasteiger partial charge is 0.220 e. The van der Waals surface area contributed by atoms with E-state index in [4.69, 9.17) is 0 Å². The predicted molar refractivity (Wildman–Crippen MR) is 73.4 cm³/mol. The lowest BCUT2D eigenvalue weighted by molar-refractivity contribution is -0.119. The van der Waals surface area contributed by atoms with Gasteiger partial charge in [0, 0.05) is 12.0 Å². The molecule has 18 heavy (non-hydrogen) atoms. The molecule has 1 heterocycles.